The molecule has 2 rings (SSSR count). The minimum Gasteiger partial charge on any atom is -0.504 e. The Balaban J connectivity index is 2.50. The molecule has 0 saturated heterocycles. The molecular weight excluding hydrogens is 288 g/mol. The first-order chi connectivity index (χ1) is 10.5. The van der Waals surface area contributed by atoms with E-state index in [1.54, 1.807) is 0 Å². The second-order valence-corrected chi connectivity index (χ2v) is 5.42. The molecule has 0 aromatic heterocycles. The lowest BCUT2D eigenvalue weighted by atomic mass is 9.75. The SMILES string of the molecule is COC(=O)C1CCCCC1c1cc(O)c(OC)c(OC)c1O. The molecule has 1 aromatic carbocycles. The number of rotatable bonds is 4. The number of ether oxygens (including phenoxy) is 3. The maximum Gasteiger partial charge on any atom is 0.309 e. The predicted molar refractivity (Wildman–Crippen MR) is 79.6 cm³/mol. The van der Waals surface area contributed by atoms with E-state index in [4.69, 9.17) is 14.2 Å². The van der Waals surface area contributed by atoms with Crippen LogP contribution in [-0.2, 0) is 9.53 Å². The Bertz CT molecular complexity index is 554. The number of phenols is 2. The Morgan fingerprint density at radius 3 is 2.32 bits per heavy atom. The molecule has 122 valence electrons. The molecule has 1 aliphatic carbocycles. The van der Waals surface area contributed by atoms with Crippen molar-refractivity contribution >= 4 is 5.97 Å². The molecule has 22 heavy (non-hydrogen) atoms. The molecule has 0 amide bonds. The van der Waals surface area contributed by atoms with Gasteiger partial charge in [-0.25, -0.2) is 0 Å². The second kappa shape index (κ2) is 6.77. The fourth-order valence-electron chi connectivity index (χ4n) is 3.24. The summed E-state index contributed by atoms with van der Waals surface area (Å²) in [5.74, 6) is -0.910. The number of esters is 1. The molecule has 0 bridgehead atoms. The van der Waals surface area contributed by atoms with Gasteiger partial charge in [0, 0.05) is 11.5 Å². The number of phenolic OH excluding ortho intramolecular Hbond substituents is 2. The van der Waals surface area contributed by atoms with Crippen LogP contribution in [0.4, 0.5) is 0 Å². The monoisotopic (exact) mass is 310 g/mol. The van der Waals surface area contributed by atoms with E-state index in [-0.39, 0.29) is 40.8 Å². The summed E-state index contributed by atoms with van der Waals surface area (Å²) in [6.45, 7) is 0. The lowest BCUT2D eigenvalue weighted by molar-refractivity contribution is -0.147. The van der Waals surface area contributed by atoms with Crippen LogP contribution >= 0.6 is 0 Å². The first-order valence-corrected chi connectivity index (χ1v) is 7.29. The summed E-state index contributed by atoms with van der Waals surface area (Å²) < 4.78 is 15.1. The Labute approximate surface area is 129 Å². The van der Waals surface area contributed by atoms with Crippen molar-refractivity contribution in [2.45, 2.75) is 31.6 Å². The highest BCUT2D eigenvalue weighted by atomic mass is 16.5. The number of hydrogen-bond donors (Lipinski definition) is 2. The molecule has 0 heterocycles. The minimum absolute atomic E-state index is 0.0756. The third-order valence-electron chi connectivity index (χ3n) is 4.30. The first-order valence-electron chi connectivity index (χ1n) is 7.29. The summed E-state index contributed by atoms with van der Waals surface area (Å²) in [5.41, 5.74) is 0.491. The Morgan fingerprint density at radius 2 is 1.73 bits per heavy atom. The van der Waals surface area contributed by atoms with Crippen molar-refractivity contribution in [1.82, 2.24) is 0 Å². The van der Waals surface area contributed by atoms with Gasteiger partial charge >= 0.3 is 5.97 Å². The summed E-state index contributed by atoms with van der Waals surface area (Å²) in [6.07, 6.45) is 3.33. The zero-order valence-corrected chi connectivity index (χ0v) is 13.1. The molecule has 1 aliphatic rings. The van der Waals surface area contributed by atoms with Crippen molar-refractivity contribution in [3.63, 3.8) is 0 Å². The minimum atomic E-state index is -0.331. The van der Waals surface area contributed by atoms with Gasteiger partial charge in [0.1, 0.15) is 0 Å². The van der Waals surface area contributed by atoms with Crippen LogP contribution in [0.1, 0.15) is 37.2 Å². The highest BCUT2D eigenvalue weighted by Crippen LogP contribution is 2.51. The maximum atomic E-state index is 12.0. The lowest BCUT2D eigenvalue weighted by Crippen LogP contribution is -2.27. The van der Waals surface area contributed by atoms with E-state index >= 15 is 0 Å². The molecule has 2 unspecified atom stereocenters. The molecule has 1 aromatic rings. The van der Waals surface area contributed by atoms with Crippen LogP contribution in [0, 0.1) is 5.92 Å². The van der Waals surface area contributed by atoms with Crippen LogP contribution in [0.5, 0.6) is 23.0 Å². The molecule has 0 radical (unpaired) electrons. The second-order valence-electron chi connectivity index (χ2n) is 5.42. The van der Waals surface area contributed by atoms with E-state index in [1.165, 1.54) is 27.4 Å². The van der Waals surface area contributed by atoms with Crippen molar-refractivity contribution in [3.05, 3.63) is 11.6 Å². The molecular formula is C16H22O6. The van der Waals surface area contributed by atoms with Gasteiger partial charge in [0.25, 0.3) is 0 Å². The third kappa shape index (κ3) is 2.77. The van der Waals surface area contributed by atoms with Crippen molar-refractivity contribution in [3.8, 4) is 23.0 Å². The van der Waals surface area contributed by atoms with Crippen LogP contribution in [0.25, 0.3) is 0 Å². The normalized spacial score (nSPS) is 21.2. The maximum absolute atomic E-state index is 12.0. The van der Waals surface area contributed by atoms with Crippen molar-refractivity contribution in [2.24, 2.45) is 5.92 Å². The van der Waals surface area contributed by atoms with Crippen LogP contribution in [0.2, 0.25) is 0 Å². The number of carbonyl (C=O) groups excluding carboxylic acids is 1. The average Bonchev–Trinajstić information content (AvgIpc) is 2.55. The smallest absolute Gasteiger partial charge is 0.309 e. The van der Waals surface area contributed by atoms with E-state index in [0.29, 0.717) is 12.0 Å². The van der Waals surface area contributed by atoms with Gasteiger partial charge in [0.05, 0.1) is 27.2 Å². The van der Waals surface area contributed by atoms with Crippen LogP contribution < -0.4 is 9.47 Å². The quantitative estimate of drug-likeness (QED) is 0.656. The van der Waals surface area contributed by atoms with E-state index in [0.717, 1.165) is 19.3 Å². The largest absolute Gasteiger partial charge is 0.504 e. The summed E-state index contributed by atoms with van der Waals surface area (Å²) >= 11 is 0. The van der Waals surface area contributed by atoms with E-state index < -0.39 is 0 Å². The molecule has 0 spiro atoms. The highest BCUT2D eigenvalue weighted by molar-refractivity contribution is 5.74. The highest BCUT2D eigenvalue weighted by Gasteiger charge is 2.36. The number of benzene rings is 1. The Kier molecular flexibility index (Phi) is 5.00. The van der Waals surface area contributed by atoms with Gasteiger partial charge in [0.15, 0.2) is 11.5 Å². The molecule has 6 heteroatoms. The number of hydrogen-bond acceptors (Lipinski definition) is 6. The number of carbonyl (C=O) groups is 1. The van der Waals surface area contributed by atoms with Crippen LogP contribution in [-0.4, -0.2) is 37.5 Å². The molecule has 2 atom stereocenters. The Hall–Kier alpha value is -2.11. The molecule has 2 N–H and O–H groups in total. The van der Waals surface area contributed by atoms with E-state index in [2.05, 4.69) is 0 Å². The molecule has 1 saturated carbocycles. The van der Waals surface area contributed by atoms with Crippen molar-refractivity contribution in [2.75, 3.05) is 21.3 Å². The Morgan fingerprint density at radius 1 is 1.09 bits per heavy atom. The van der Waals surface area contributed by atoms with Gasteiger partial charge in [-0.1, -0.05) is 12.8 Å². The summed E-state index contributed by atoms with van der Waals surface area (Å²) in [5, 5.41) is 20.6. The molecule has 6 nitrogen and oxygen atoms in total. The zero-order valence-electron chi connectivity index (χ0n) is 13.1. The van der Waals surface area contributed by atoms with Gasteiger partial charge in [-0.3, -0.25) is 4.79 Å². The van der Waals surface area contributed by atoms with Gasteiger partial charge < -0.3 is 24.4 Å². The topological polar surface area (TPSA) is 85.2 Å². The van der Waals surface area contributed by atoms with Gasteiger partial charge in [-0.2, -0.15) is 0 Å². The third-order valence-corrected chi connectivity index (χ3v) is 4.30. The standard InChI is InChI=1S/C16H22O6/c1-20-14-12(17)8-11(13(18)15(14)21-2)9-6-4-5-7-10(9)16(19)22-3/h8-10,17-18H,4-7H2,1-3H3. The first kappa shape index (κ1) is 16.3. The van der Waals surface area contributed by atoms with E-state index in [9.17, 15) is 15.0 Å². The summed E-state index contributed by atoms with van der Waals surface area (Å²) in [7, 11) is 4.13. The average molecular weight is 310 g/mol. The summed E-state index contributed by atoms with van der Waals surface area (Å²) in [4.78, 5) is 12.0. The molecule has 1 fully saturated rings. The van der Waals surface area contributed by atoms with Gasteiger partial charge in [-0.05, 0) is 18.9 Å². The summed E-state index contributed by atoms with van der Waals surface area (Å²) in [6, 6.07) is 1.45. The fourth-order valence-corrected chi connectivity index (χ4v) is 3.24. The number of methoxy groups -OCH3 is 3. The van der Waals surface area contributed by atoms with E-state index in [1.807, 2.05) is 0 Å². The van der Waals surface area contributed by atoms with Crippen molar-refractivity contribution < 1.29 is 29.2 Å². The lowest BCUT2D eigenvalue weighted by Gasteiger charge is -2.31. The van der Waals surface area contributed by atoms with Crippen LogP contribution in [0.3, 0.4) is 0 Å². The molecule has 0 aliphatic heterocycles. The van der Waals surface area contributed by atoms with Crippen LogP contribution in [0.15, 0.2) is 6.07 Å². The van der Waals surface area contributed by atoms with Crippen molar-refractivity contribution in [1.29, 1.82) is 0 Å². The van der Waals surface area contributed by atoms with Gasteiger partial charge in [-0.15, -0.1) is 0 Å². The zero-order chi connectivity index (χ0) is 16.3. The fraction of sp³-hybridized carbons (Fsp3) is 0.562. The number of aromatic hydroxyl groups is 2. The van der Waals surface area contributed by atoms with Gasteiger partial charge in [0.2, 0.25) is 11.5 Å². The predicted octanol–water partition coefficient (Wildman–Crippen LogP) is 2.56.